The van der Waals surface area contributed by atoms with Crippen molar-refractivity contribution in [1.82, 2.24) is 4.90 Å². The molecule has 0 spiro atoms. The highest BCUT2D eigenvalue weighted by Crippen LogP contribution is 2.25. The Morgan fingerprint density at radius 2 is 2.06 bits per heavy atom. The van der Waals surface area contributed by atoms with E-state index in [0.29, 0.717) is 9.88 Å². The van der Waals surface area contributed by atoms with E-state index in [0.717, 1.165) is 0 Å². The van der Waals surface area contributed by atoms with Crippen LogP contribution in [0, 0.1) is 0 Å². The third-order valence-corrected chi connectivity index (χ3v) is 3.70. The summed E-state index contributed by atoms with van der Waals surface area (Å²) in [6.45, 7) is 4.88. The largest absolute Gasteiger partial charge is 0.394 e. The SMILES string of the molecule is CC(=O)Nc1ccc(C(=O)N(C)C(C)(C)CO)s1. The minimum Gasteiger partial charge on any atom is -0.394 e. The molecule has 1 heterocycles. The molecule has 0 aromatic carbocycles. The molecular weight excluding hydrogens is 252 g/mol. The first-order valence-electron chi connectivity index (χ1n) is 5.54. The number of hydrogen-bond donors (Lipinski definition) is 2. The summed E-state index contributed by atoms with van der Waals surface area (Å²) in [5.74, 6) is -0.337. The Bertz CT molecular complexity index is 454. The van der Waals surface area contributed by atoms with Crippen molar-refractivity contribution in [2.45, 2.75) is 26.3 Å². The lowest BCUT2D eigenvalue weighted by atomic mass is 10.1. The first kappa shape index (κ1) is 14.7. The Morgan fingerprint density at radius 3 is 2.56 bits per heavy atom. The predicted octanol–water partition coefficient (Wildman–Crippen LogP) is 1.55. The van der Waals surface area contributed by atoms with E-state index in [9.17, 15) is 14.7 Å². The molecule has 2 amide bonds. The average Bonchev–Trinajstić information content (AvgIpc) is 2.74. The number of anilines is 1. The number of amides is 2. The zero-order valence-corrected chi connectivity index (χ0v) is 11.8. The summed E-state index contributed by atoms with van der Waals surface area (Å²) >= 11 is 1.22. The van der Waals surface area contributed by atoms with Crippen molar-refractivity contribution in [3.63, 3.8) is 0 Å². The second-order valence-corrected chi connectivity index (χ2v) is 5.76. The van der Waals surface area contributed by atoms with Crippen molar-refractivity contribution in [3.8, 4) is 0 Å². The first-order chi connectivity index (χ1) is 8.27. The van der Waals surface area contributed by atoms with E-state index in [-0.39, 0.29) is 18.4 Å². The quantitative estimate of drug-likeness (QED) is 0.872. The van der Waals surface area contributed by atoms with Gasteiger partial charge in [-0.3, -0.25) is 9.59 Å². The number of carbonyl (C=O) groups is 2. The molecule has 0 fully saturated rings. The van der Waals surface area contributed by atoms with Gasteiger partial charge in [-0.2, -0.15) is 0 Å². The first-order valence-corrected chi connectivity index (χ1v) is 6.36. The van der Waals surface area contributed by atoms with Crippen molar-refractivity contribution in [2.24, 2.45) is 0 Å². The van der Waals surface area contributed by atoms with Gasteiger partial charge in [0.15, 0.2) is 0 Å². The maximum atomic E-state index is 12.2. The third-order valence-electron chi connectivity index (χ3n) is 2.72. The minimum atomic E-state index is -0.616. The summed E-state index contributed by atoms with van der Waals surface area (Å²) < 4.78 is 0. The lowest BCUT2D eigenvalue weighted by Gasteiger charge is -2.33. The van der Waals surface area contributed by atoms with E-state index in [2.05, 4.69) is 5.32 Å². The Morgan fingerprint density at radius 1 is 1.44 bits per heavy atom. The van der Waals surface area contributed by atoms with Gasteiger partial charge in [0, 0.05) is 14.0 Å². The molecule has 0 aliphatic rings. The number of likely N-dealkylation sites (N-methyl/N-ethyl adjacent to an activating group) is 1. The van der Waals surface area contributed by atoms with Crippen LogP contribution >= 0.6 is 11.3 Å². The number of nitrogens with one attached hydrogen (secondary N) is 1. The zero-order valence-electron chi connectivity index (χ0n) is 11.0. The number of nitrogens with zero attached hydrogens (tertiary/aromatic N) is 1. The summed E-state index contributed by atoms with van der Waals surface area (Å²) in [6, 6.07) is 3.36. The van der Waals surface area contributed by atoms with E-state index in [1.807, 2.05) is 0 Å². The lowest BCUT2D eigenvalue weighted by molar-refractivity contribution is -0.114. The summed E-state index contributed by atoms with van der Waals surface area (Å²) in [4.78, 5) is 25.1. The number of carbonyl (C=O) groups excluding carboxylic acids is 2. The molecule has 0 saturated heterocycles. The zero-order chi connectivity index (χ0) is 13.9. The van der Waals surface area contributed by atoms with Gasteiger partial charge in [-0.1, -0.05) is 0 Å². The highest BCUT2D eigenvalue weighted by Gasteiger charge is 2.28. The van der Waals surface area contributed by atoms with Crippen molar-refractivity contribution >= 4 is 28.2 Å². The average molecular weight is 270 g/mol. The fourth-order valence-corrected chi connectivity index (χ4v) is 2.17. The molecule has 5 nitrogen and oxygen atoms in total. The molecule has 0 unspecified atom stereocenters. The Balaban J connectivity index is 2.84. The van der Waals surface area contributed by atoms with E-state index in [1.165, 1.54) is 23.2 Å². The molecule has 1 aromatic heterocycles. The van der Waals surface area contributed by atoms with Crippen molar-refractivity contribution < 1.29 is 14.7 Å². The van der Waals surface area contributed by atoms with E-state index in [4.69, 9.17) is 0 Å². The van der Waals surface area contributed by atoms with Gasteiger partial charge in [0.2, 0.25) is 5.91 Å². The van der Waals surface area contributed by atoms with Gasteiger partial charge in [0.25, 0.3) is 5.91 Å². The predicted molar refractivity (Wildman–Crippen MR) is 71.9 cm³/mol. The standard InChI is InChI=1S/C12H18N2O3S/c1-8(16)13-10-6-5-9(18-10)11(17)14(4)12(2,3)7-15/h5-6,15H,7H2,1-4H3,(H,13,16). The second-order valence-electron chi connectivity index (χ2n) is 4.68. The second kappa shape index (κ2) is 5.49. The van der Waals surface area contributed by atoms with Crippen LogP contribution in [0.4, 0.5) is 5.00 Å². The molecule has 6 heteroatoms. The molecule has 0 aliphatic heterocycles. The number of thiophene rings is 1. The number of aliphatic hydroxyl groups is 1. The number of hydrogen-bond acceptors (Lipinski definition) is 4. The van der Waals surface area contributed by atoms with Crippen LogP contribution < -0.4 is 5.32 Å². The number of rotatable bonds is 4. The van der Waals surface area contributed by atoms with Gasteiger partial charge in [0.05, 0.1) is 22.0 Å². The summed E-state index contributed by atoms with van der Waals surface area (Å²) in [6.07, 6.45) is 0. The van der Waals surface area contributed by atoms with E-state index < -0.39 is 5.54 Å². The van der Waals surface area contributed by atoms with E-state index >= 15 is 0 Å². The fraction of sp³-hybridized carbons (Fsp3) is 0.500. The highest BCUT2D eigenvalue weighted by atomic mass is 32.1. The number of aliphatic hydroxyl groups excluding tert-OH is 1. The van der Waals surface area contributed by atoms with Crippen LogP contribution in [-0.2, 0) is 4.79 Å². The minimum absolute atomic E-state index is 0.112. The van der Waals surface area contributed by atoms with Crippen molar-refractivity contribution in [2.75, 3.05) is 19.0 Å². The monoisotopic (exact) mass is 270 g/mol. The molecule has 0 bridgehead atoms. The van der Waals surface area contributed by atoms with Gasteiger partial charge < -0.3 is 15.3 Å². The molecule has 1 rings (SSSR count). The van der Waals surface area contributed by atoms with Gasteiger partial charge in [-0.25, -0.2) is 0 Å². The molecule has 0 radical (unpaired) electrons. The molecule has 18 heavy (non-hydrogen) atoms. The third kappa shape index (κ3) is 3.30. The van der Waals surface area contributed by atoms with Crippen LogP contribution in [0.25, 0.3) is 0 Å². The normalized spacial score (nSPS) is 11.2. The maximum absolute atomic E-state index is 12.2. The fourth-order valence-electron chi connectivity index (χ4n) is 1.24. The van der Waals surface area contributed by atoms with Crippen LogP contribution in [-0.4, -0.2) is 41.0 Å². The molecular formula is C12H18N2O3S. The Kier molecular flexibility index (Phi) is 4.48. The lowest BCUT2D eigenvalue weighted by Crippen LogP contribution is -2.47. The summed E-state index contributed by atoms with van der Waals surface area (Å²) in [7, 11) is 1.65. The van der Waals surface area contributed by atoms with Crippen molar-refractivity contribution in [3.05, 3.63) is 17.0 Å². The smallest absolute Gasteiger partial charge is 0.264 e. The van der Waals surface area contributed by atoms with Crippen molar-refractivity contribution in [1.29, 1.82) is 0 Å². The van der Waals surface area contributed by atoms with Crippen LogP contribution in [0.15, 0.2) is 12.1 Å². The molecule has 0 atom stereocenters. The molecule has 1 aromatic rings. The highest BCUT2D eigenvalue weighted by molar-refractivity contribution is 7.18. The Hall–Kier alpha value is -1.40. The van der Waals surface area contributed by atoms with Crippen LogP contribution in [0.5, 0.6) is 0 Å². The van der Waals surface area contributed by atoms with Gasteiger partial charge >= 0.3 is 0 Å². The molecule has 100 valence electrons. The van der Waals surface area contributed by atoms with Crippen LogP contribution in [0.2, 0.25) is 0 Å². The van der Waals surface area contributed by atoms with E-state index in [1.54, 1.807) is 33.0 Å². The van der Waals surface area contributed by atoms with Crippen LogP contribution in [0.1, 0.15) is 30.4 Å². The molecule has 2 N–H and O–H groups in total. The molecule has 0 aliphatic carbocycles. The molecule has 0 saturated carbocycles. The summed E-state index contributed by atoms with van der Waals surface area (Å²) in [5, 5.41) is 12.5. The Labute approximate surface area is 110 Å². The topological polar surface area (TPSA) is 69.6 Å². The summed E-state index contributed by atoms with van der Waals surface area (Å²) in [5.41, 5.74) is -0.616. The van der Waals surface area contributed by atoms with Gasteiger partial charge in [0.1, 0.15) is 0 Å². The van der Waals surface area contributed by atoms with Gasteiger partial charge in [-0.15, -0.1) is 11.3 Å². The maximum Gasteiger partial charge on any atom is 0.264 e. The van der Waals surface area contributed by atoms with Gasteiger partial charge in [-0.05, 0) is 26.0 Å². The van der Waals surface area contributed by atoms with Crippen LogP contribution in [0.3, 0.4) is 0 Å².